The smallest absolute Gasteiger partial charge is 0.380 e. The molecule has 6 aliphatic rings. The number of hydrazine groups is 1. The summed E-state index contributed by atoms with van der Waals surface area (Å²) in [6.07, 6.45) is 3.35. The number of piperidine rings is 1. The lowest BCUT2D eigenvalue weighted by Gasteiger charge is -2.52. The summed E-state index contributed by atoms with van der Waals surface area (Å²) in [7, 11) is 2.10. The molecule has 34 heavy (non-hydrogen) atoms. The number of carbonyl (C=O) groups is 1. The van der Waals surface area contributed by atoms with Crippen molar-refractivity contribution in [1.29, 1.82) is 0 Å². The molecule has 3 N–H and O–H groups in total. The first-order chi connectivity index (χ1) is 16.2. The van der Waals surface area contributed by atoms with Crippen molar-refractivity contribution >= 4 is 5.91 Å². The van der Waals surface area contributed by atoms with Crippen molar-refractivity contribution in [3.8, 4) is 0 Å². The number of likely N-dealkylation sites (tertiary alicyclic amines) is 1. The number of fused-ring (bicyclic) bond motifs is 1. The molecule has 7 atom stereocenters. The van der Waals surface area contributed by atoms with E-state index in [-0.39, 0.29) is 36.1 Å². The van der Waals surface area contributed by atoms with E-state index in [1.165, 1.54) is 0 Å². The highest BCUT2D eigenvalue weighted by Crippen LogP contribution is 2.50. The summed E-state index contributed by atoms with van der Waals surface area (Å²) in [5.41, 5.74) is 6.64. The van der Waals surface area contributed by atoms with E-state index in [9.17, 15) is 18.0 Å². The van der Waals surface area contributed by atoms with Gasteiger partial charge in [-0.3, -0.25) is 9.69 Å². The maximum absolute atomic E-state index is 14.0. The highest BCUT2D eigenvalue weighted by atomic mass is 19.4. The van der Waals surface area contributed by atoms with Crippen molar-refractivity contribution in [2.45, 2.75) is 81.8 Å². The SMILES string of the molecule is CN1CNNC1CC1(C2CCCC(N3CC4C(CC(C5CC5)NC4C(F)(F)F)C3=O)C2)COC1. The lowest BCUT2D eigenvalue weighted by molar-refractivity contribution is -0.179. The number of hydrogen-bond donors (Lipinski definition) is 3. The second kappa shape index (κ2) is 8.57. The van der Waals surface area contributed by atoms with Crippen molar-refractivity contribution in [2.24, 2.45) is 29.1 Å². The molecule has 2 saturated carbocycles. The molecule has 1 amide bonds. The highest BCUT2D eigenvalue weighted by molar-refractivity contribution is 5.82. The Morgan fingerprint density at radius 3 is 2.56 bits per heavy atom. The lowest BCUT2D eigenvalue weighted by atomic mass is 9.64. The number of halogens is 3. The van der Waals surface area contributed by atoms with Gasteiger partial charge in [-0.2, -0.15) is 13.2 Å². The van der Waals surface area contributed by atoms with Crippen LogP contribution < -0.4 is 16.2 Å². The summed E-state index contributed by atoms with van der Waals surface area (Å²) >= 11 is 0. The summed E-state index contributed by atoms with van der Waals surface area (Å²) in [5.74, 6) is -0.421. The van der Waals surface area contributed by atoms with E-state index in [0.717, 1.165) is 64.8 Å². The molecular weight excluding hydrogens is 447 g/mol. The van der Waals surface area contributed by atoms with Gasteiger partial charge in [-0.05, 0) is 63.8 Å². The summed E-state index contributed by atoms with van der Waals surface area (Å²) in [4.78, 5) is 17.7. The topological polar surface area (TPSA) is 68.9 Å². The quantitative estimate of drug-likeness (QED) is 0.554. The van der Waals surface area contributed by atoms with E-state index < -0.39 is 24.1 Å². The molecule has 2 aliphatic carbocycles. The molecule has 0 bridgehead atoms. The van der Waals surface area contributed by atoms with Crippen molar-refractivity contribution in [3.63, 3.8) is 0 Å². The average Bonchev–Trinajstić information content (AvgIpc) is 3.47. The minimum absolute atomic E-state index is 0.0163. The fourth-order valence-corrected chi connectivity index (χ4v) is 7.63. The predicted octanol–water partition coefficient (Wildman–Crippen LogP) is 2.05. The number of nitrogens with one attached hydrogen (secondary N) is 3. The molecule has 0 aromatic heterocycles. The van der Waals surface area contributed by atoms with Gasteiger partial charge >= 0.3 is 6.18 Å². The second-order valence-corrected chi connectivity index (χ2v) is 12.0. The number of rotatable bonds is 5. The molecule has 7 nitrogen and oxygen atoms in total. The van der Waals surface area contributed by atoms with Gasteiger partial charge < -0.3 is 15.0 Å². The number of carbonyl (C=O) groups excluding carboxylic acids is 1. The third kappa shape index (κ3) is 4.07. The normalized spacial score (nSPS) is 43.1. The largest absolute Gasteiger partial charge is 0.404 e. The summed E-state index contributed by atoms with van der Waals surface area (Å²) < 4.78 is 47.7. The Kier molecular flexibility index (Phi) is 5.92. The third-order valence-electron chi connectivity index (χ3n) is 9.86. The lowest BCUT2D eigenvalue weighted by Crippen LogP contribution is -2.59. The molecule has 4 aliphatic heterocycles. The second-order valence-electron chi connectivity index (χ2n) is 12.0. The molecule has 6 rings (SSSR count). The van der Waals surface area contributed by atoms with Gasteiger partial charge in [0, 0.05) is 35.9 Å². The van der Waals surface area contributed by atoms with Gasteiger partial charge in [-0.15, -0.1) is 0 Å². The van der Waals surface area contributed by atoms with Gasteiger partial charge in [-0.25, -0.2) is 10.9 Å². The number of amides is 1. The molecule has 7 unspecified atom stereocenters. The molecule has 0 aromatic rings. The zero-order valence-corrected chi connectivity index (χ0v) is 19.9. The van der Waals surface area contributed by atoms with Crippen LogP contribution in [0.2, 0.25) is 0 Å². The first kappa shape index (κ1) is 23.5. The number of nitrogens with zero attached hydrogens (tertiary/aromatic N) is 2. The Bertz CT molecular complexity index is 789. The van der Waals surface area contributed by atoms with Crippen molar-refractivity contribution < 1.29 is 22.7 Å². The van der Waals surface area contributed by atoms with Crippen LogP contribution in [0.15, 0.2) is 0 Å². The van der Waals surface area contributed by atoms with Crippen LogP contribution in [0.25, 0.3) is 0 Å². The van der Waals surface area contributed by atoms with Gasteiger partial charge in [0.05, 0.1) is 26.0 Å². The van der Waals surface area contributed by atoms with Crippen LogP contribution in [-0.2, 0) is 9.53 Å². The molecule has 4 saturated heterocycles. The van der Waals surface area contributed by atoms with Gasteiger partial charge in [0.25, 0.3) is 0 Å². The summed E-state index contributed by atoms with van der Waals surface area (Å²) in [5, 5.41) is 2.93. The fourth-order valence-electron chi connectivity index (χ4n) is 7.63. The van der Waals surface area contributed by atoms with Crippen LogP contribution in [0.4, 0.5) is 13.2 Å². The molecule has 0 radical (unpaired) electrons. The van der Waals surface area contributed by atoms with Gasteiger partial charge in [0.1, 0.15) is 6.04 Å². The Balaban J connectivity index is 1.17. The van der Waals surface area contributed by atoms with Crippen LogP contribution in [0.5, 0.6) is 0 Å². The Morgan fingerprint density at radius 2 is 1.94 bits per heavy atom. The van der Waals surface area contributed by atoms with Crippen molar-refractivity contribution in [1.82, 2.24) is 26.0 Å². The molecular formula is C24H38F3N5O2. The zero-order chi connectivity index (χ0) is 23.7. The van der Waals surface area contributed by atoms with E-state index in [1.807, 2.05) is 4.90 Å². The maximum Gasteiger partial charge on any atom is 0.404 e. The molecule has 10 heteroatoms. The fraction of sp³-hybridized carbons (Fsp3) is 0.958. The number of hydrogen-bond acceptors (Lipinski definition) is 6. The number of ether oxygens (including phenoxy) is 1. The van der Waals surface area contributed by atoms with Crippen molar-refractivity contribution in [3.05, 3.63) is 0 Å². The van der Waals surface area contributed by atoms with Crippen LogP contribution in [-0.4, -0.2) is 79.6 Å². The Labute approximate surface area is 199 Å². The highest BCUT2D eigenvalue weighted by Gasteiger charge is 2.59. The minimum Gasteiger partial charge on any atom is -0.380 e. The standard InChI is InChI=1S/C24H38F3N5O2/c1-31-13-28-30-20(31)9-23(11-34-12-23)15-3-2-4-16(7-15)32-10-18-17(22(32)33)8-19(14-5-6-14)29-21(18)24(25,26)27/h14-21,28-30H,2-13H2,1H3. The van der Waals surface area contributed by atoms with Gasteiger partial charge in [0.15, 0.2) is 0 Å². The van der Waals surface area contributed by atoms with E-state index in [0.29, 0.717) is 18.3 Å². The molecule has 4 heterocycles. The average molecular weight is 486 g/mol. The van der Waals surface area contributed by atoms with Gasteiger partial charge in [0.2, 0.25) is 5.91 Å². The van der Waals surface area contributed by atoms with Crippen LogP contribution in [0, 0.1) is 29.1 Å². The van der Waals surface area contributed by atoms with Crippen LogP contribution >= 0.6 is 0 Å². The predicted molar refractivity (Wildman–Crippen MR) is 119 cm³/mol. The molecule has 0 aromatic carbocycles. The first-order valence-corrected chi connectivity index (χ1v) is 13.1. The Morgan fingerprint density at radius 1 is 1.15 bits per heavy atom. The minimum atomic E-state index is -4.32. The zero-order valence-electron chi connectivity index (χ0n) is 19.9. The molecule has 0 spiro atoms. The van der Waals surface area contributed by atoms with E-state index in [1.54, 1.807) is 0 Å². The van der Waals surface area contributed by atoms with E-state index >= 15 is 0 Å². The van der Waals surface area contributed by atoms with Crippen LogP contribution in [0.1, 0.15) is 51.4 Å². The third-order valence-corrected chi connectivity index (χ3v) is 9.86. The molecule has 192 valence electrons. The van der Waals surface area contributed by atoms with Crippen LogP contribution in [0.3, 0.4) is 0 Å². The van der Waals surface area contributed by atoms with E-state index in [4.69, 9.17) is 4.74 Å². The molecule has 6 fully saturated rings. The maximum atomic E-state index is 14.0. The van der Waals surface area contributed by atoms with Gasteiger partial charge in [-0.1, -0.05) is 6.42 Å². The summed E-state index contributed by atoms with van der Waals surface area (Å²) in [6.45, 7) is 2.52. The number of alkyl halides is 3. The monoisotopic (exact) mass is 485 g/mol. The van der Waals surface area contributed by atoms with Crippen molar-refractivity contribution in [2.75, 3.05) is 33.5 Å². The Hall–Kier alpha value is -0.940. The first-order valence-electron chi connectivity index (χ1n) is 13.1. The van der Waals surface area contributed by atoms with E-state index in [2.05, 4.69) is 28.1 Å². The summed E-state index contributed by atoms with van der Waals surface area (Å²) in [6, 6.07) is -1.68.